The SMILES string of the molecule is c1ccc(-c2ccc3c(ccc4c5c6ccccc6c6c7ccccc7oc6c5n(-c5nc(-c6ccccc6)c6ccccc6n5)c34)c2)cc1. The third-order valence-corrected chi connectivity index (χ3v) is 10.2. The van der Waals surface area contributed by atoms with E-state index in [1.54, 1.807) is 0 Å². The molecule has 0 aliphatic rings. The second-order valence-corrected chi connectivity index (χ2v) is 12.9. The zero-order valence-electron chi connectivity index (χ0n) is 26.8. The predicted octanol–water partition coefficient (Wildman–Crippen LogP) is 12.3. The summed E-state index contributed by atoms with van der Waals surface area (Å²) in [4.78, 5) is 10.8. The molecule has 0 bridgehead atoms. The highest BCUT2D eigenvalue weighted by Gasteiger charge is 2.26. The normalized spacial score (nSPS) is 12.0. The van der Waals surface area contributed by atoms with E-state index in [0.29, 0.717) is 5.95 Å². The number of para-hydroxylation sites is 2. The summed E-state index contributed by atoms with van der Waals surface area (Å²) in [6, 6.07) is 57.6. The lowest BCUT2D eigenvalue weighted by Crippen LogP contribution is -2.04. The predicted molar refractivity (Wildman–Crippen MR) is 207 cm³/mol. The van der Waals surface area contributed by atoms with Gasteiger partial charge in [0.15, 0.2) is 5.58 Å². The van der Waals surface area contributed by atoms with Crippen LogP contribution in [0.15, 0.2) is 168 Å². The Labute approximate surface area is 286 Å². The maximum Gasteiger partial charge on any atom is 0.235 e. The van der Waals surface area contributed by atoms with Gasteiger partial charge >= 0.3 is 0 Å². The van der Waals surface area contributed by atoms with Crippen molar-refractivity contribution in [2.45, 2.75) is 0 Å². The average molecular weight is 638 g/mol. The fraction of sp³-hybridized carbons (Fsp3) is 0. The monoisotopic (exact) mass is 637 g/mol. The third-order valence-electron chi connectivity index (χ3n) is 10.2. The smallest absolute Gasteiger partial charge is 0.235 e. The fourth-order valence-electron chi connectivity index (χ4n) is 7.98. The molecule has 3 heterocycles. The molecule has 8 aromatic carbocycles. The molecule has 0 atom stereocenters. The number of fused-ring (bicyclic) bond motifs is 13. The molecule has 50 heavy (non-hydrogen) atoms. The van der Waals surface area contributed by atoms with Crippen LogP contribution in [-0.4, -0.2) is 14.5 Å². The molecule has 0 radical (unpaired) electrons. The van der Waals surface area contributed by atoms with Crippen LogP contribution in [0.25, 0.3) is 105 Å². The van der Waals surface area contributed by atoms with Crippen LogP contribution in [-0.2, 0) is 0 Å². The molecule has 232 valence electrons. The second-order valence-electron chi connectivity index (χ2n) is 12.9. The molecule has 0 saturated carbocycles. The first-order chi connectivity index (χ1) is 24.8. The molecular formula is C46H27N3O. The molecule has 0 amide bonds. The number of rotatable bonds is 3. The van der Waals surface area contributed by atoms with Crippen molar-refractivity contribution in [3.05, 3.63) is 164 Å². The van der Waals surface area contributed by atoms with E-state index >= 15 is 0 Å². The summed E-state index contributed by atoms with van der Waals surface area (Å²) in [5.74, 6) is 0.610. The Kier molecular flexibility index (Phi) is 5.63. The third kappa shape index (κ3) is 3.81. The number of benzene rings is 8. The summed E-state index contributed by atoms with van der Waals surface area (Å²) in [6.45, 7) is 0. The maximum absolute atomic E-state index is 6.88. The van der Waals surface area contributed by atoms with Crippen LogP contribution < -0.4 is 0 Å². The first-order valence-corrected chi connectivity index (χ1v) is 16.9. The van der Waals surface area contributed by atoms with Gasteiger partial charge in [0.25, 0.3) is 0 Å². The van der Waals surface area contributed by atoms with Gasteiger partial charge in [-0.2, -0.15) is 0 Å². The number of furan rings is 1. The topological polar surface area (TPSA) is 43.9 Å². The molecule has 4 heteroatoms. The van der Waals surface area contributed by atoms with E-state index < -0.39 is 0 Å². The largest absolute Gasteiger partial charge is 0.454 e. The van der Waals surface area contributed by atoms with Crippen molar-refractivity contribution in [3.63, 3.8) is 0 Å². The van der Waals surface area contributed by atoms with Crippen molar-refractivity contribution in [1.82, 2.24) is 14.5 Å². The molecule has 0 saturated heterocycles. The molecule has 0 fully saturated rings. The number of hydrogen-bond acceptors (Lipinski definition) is 3. The first kappa shape index (κ1) is 27.2. The van der Waals surface area contributed by atoms with Gasteiger partial charge in [-0.3, -0.25) is 4.57 Å². The Hall–Kier alpha value is -6.78. The van der Waals surface area contributed by atoms with Crippen LogP contribution >= 0.6 is 0 Å². The van der Waals surface area contributed by atoms with E-state index in [1.807, 2.05) is 18.2 Å². The molecule has 0 N–H and O–H groups in total. The number of nitrogens with zero attached hydrogens (tertiary/aromatic N) is 3. The number of hydrogen-bond donors (Lipinski definition) is 0. The minimum absolute atomic E-state index is 0.610. The summed E-state index contributed by atoms with van der Waals surface area (Å²) < 4.78 is 9.15. The Morgan fingerprint density at radius 1 is 0.420 bits per heavy atom. The lowest BCUT2D eigenvalue weighted by Gasteiger charge is -2.13. The van der Waals surface area contributed by atoms with E-state index in [-0.39, 0.29) is 0 Å². The summed E-state index contributed by atoms with van der Waals surface area (Å²) in [5, 5.41) is 10.1. The Morgan fingerprint density at radius 3 is 1.86 bits per heavy atom. The average Bonchev–Trinajstić information content (AvgIpc) is 3.75. The van der Waals surface area contributed by atoms with Gasteiger partial charge < -0.3 is 4.42 Å². The fourth-order valence-corrected chi connectivity index (χ4v) is 7.98. The Morgan fingerprint density at radius 2 is 1.06 bits per heavy atom. The molecule has 4 nitrogen and oxygen atoms in total. The zero-order chi connectivity index (χ0) is 32.8. The van der Waals surface area contributed by atoms with Crippen LogP contribution in [0, 0.1) is 0 Å². The van der Waals surface area contributed by atoms with Gasteiger partial charge in [-0.25, -0.2) is 9.97 Å². The highest BCUT2D eigenvalue weighted by molar-refractivity contribution is 6.36. The van der Waals surface area contributed by atoms with Crippen LogP contribution in [0.1, 0.15) is 0 Å². The van der Waals surface area contributed by atoms with E-state index in [9.17, 15) is 0 Å². The second kappa shape index (κ2) is 10.4. The van der Waals surface area contributed by atoms with E-state index in [2.05, 4.69) is 150 Å². The molecule has 0 aliphatic carbocycles. The summed E-state index contributed by atoms with van der Waals surface area (Å²) in [6.07, 6.45) is 0. The van der Waals surface area contributed by atoms with Gasteiger partial charge in [0.2, 0.25) is 5.95 Å². The van der Waals surface area contributed by atoms with Gasteiger partial charge in [-0.15, -0.1) is 0 Å². The summed E-state index contributed by atoms with van der Waals surface area (Å²) in [7, 11) is 0. The molecule has 0 spiro atoms. The number of aromatic nitrogens is 3. The van der Waals surface area contributed by atoms with E-state index in [0.717, 1.165) is 76.7 Å². The van der Waals surface area contributed by atoms with Crippen LogP contribution in [0.3, 0.4) is 0 Å². The van der Waals surface area contributed by atoms with Gasteiger partial charge in [0, 0.05) is 37.9 Å². The van der Waals surface area contributed by atoms with E-state index in [4.69, 9.17) is 14.4 Å². The molecule has 0 unspecified atom stereocenters. The lowest BCUT2D eigenvalue weighted by atomic mass is 9.97. The van der Waals surface area contributed by atoms with Gasteiger partial charge in [-0.05, 0) is 45.5 Å². The molecular weight excluding hydrogens is 611 g/mol. The van der Waals surface area contributed by atoms with E-state index in [1.165, 1.54) is 21.9 Å². The Bertz CT molecular complexity index is 3140. The van der Waals surface area contributed by atoms with Crippen molar-refractivity contribution in [2.75, 3.05) is 0 Å². The zero-order valence-corrected chi connectivity index (χ0v) is 26.8. The summed E-state index contributed by atoms with van der Waals surface area (Å²) in [5.41, 5.74) is 8.93. The van der Waals surface area contributed by atoms with Gasteiger partial charge in [-0.1, -0.05) is 146 Å². The van der Waals surface area contributed by atoms with Crippen LogP contribution in [0.5, 0.6) is 0 Å². The van der Waals surface area contributed by atoms with Crippen molar-refractivity contribution >= 4 is 76.2 Å². The molecule has 11 rings (SSSR count). The van der Waals surface area contributed by atoms with Crippen molar-refractivity contribution in [1.29, 1.82) is 0 Å². The maximum atomic E-state index is 6.88. The summed E-state index contributed by atoms with van der Waals surface area (Å²) >= 11 is 0. The van der Waals surface area contributed by atoms with Crippen LogP contribution in [0.2, 0.25) is 0 Å². The highest BCUT2D eigenvalue weighted by Crippen LogP contribution is 2.47. The van der Waals surface area contributed by atoms with Crippen molar-refractivity contribution in [3.8, 4) is 28.3 Å². The van der Waals surface area contributed by atoms with Gasteiger partial charge in [0.1, 0.15) is 11.1 Å². The van der Waals surface area contributed by atoms with Gasteiger partial charge in [0.05, 0.1) is 16.7 Å². The lowest BCUT2D eigenvalue weighted by molar-refractivity contribution is 0.671. The molecule has 0 aliphatic heterocycles. The minimum atomic E-state index is 0.610. The minimum Gasteiger partial charge on any atom is -0.454 e. The van der Waals surface area contributed by atoms with Crippen molar-refractivity contribution in [2.24, 2.45) is 0 Å². The van der Waals surface area contributed by atoms with Crippen LogP contribution in [0.4, 0.5) is 0 Å². The Balaban J connectivity index is 1.38. The highest BCUT2D eigenvalue weighted by atomic mass is 16.3. The molecule has 3 aromatic heterocycles. The van der Waals surface area contributed by atoms with Crippen molar-refractivity contribution < 1.29 is 4.42 Å². The standard InChI is InChI=1S/C46H27N3O/c1-3-13-28(14-4-1)30-23-25-32-31(27-30)24-26-37-40-33-17-7-8-18-34(33)41-36-20-10-12-22-39(36)50-45(41)44(40)49(43(32)37)46-47-38-21-11-9-19-35(38)42(48-46)29-15-5-2-6-16-29/h1-27H. The quantitative estimate of drug-likeness (QED) is 0.194. The first-order valence-electron chi connectivity index (χ1n) is 16.9. The molecule has 11 aromatic rings.